The Kier molecular flexibility index (Phi) is 5.61. The molecule has 1 N–H and O–H groups in total. The second-order valence-electron chi connectivity index (χ2n) is 6.14. The summed E-state index contributed by atoms with van der Waals surface area (Å²) in [6.45, 7) is 3.81. The maximum absolute atomic E-state index is 5.02. The normalized spacial score (nSPS) is 18.7. The number of nitrogens with one attached hydrogen (secondary N) is 1. The molecule has 0 saturated carbocycles. The Labute approximate surface area is 138 Å². The van der Waals surface area contributed by atoms with Crippen molar-refractivity contribution in [3.05, 3.63) is 59.9 Å². The number of anilines is 1. The zero-order valence-corrected chi connectivity index (χ0v) is 13.7. The quantitative estimate of drug-likeness (QED) is 0.829. The van der Waals surface area contributed by atoms with Crippen molar-refractivity contribution in [1.82, 2.24) is 9.88 Å². The molecular weight excluding hydrogens is 286 g/mol. The molecule has 1 aromatic carbocycles. The van der Waals surface area contributed by atoms with Crippen molar-refractivity contribution in [3.8, 4) is 0 Å². The topological polar surface area (TPSA) is 37.4 Å². The highest BCUT2D eigenvalue weighted by Gasteiger charge is 2.22. The van der Waals surface area contributed by atoms with Gasteiger partial charge in [0.05, 0.1) is 11.9 Å². The molecule has 122 valence electrons. The Morgan fingerprint density at radius 1 is 1.22 bits per heavy atom. The molecule has 0 aliphatic carbocycles. The third-order valence-corrected chi connectivity index (χ3v) is 4.38. The van der Waals surface area contributed by atoms with Crippen LogP contribution in [-0.4, -0.2) is 36.8 Å². The monoisotopic (exact) mass is 311 g/mol. The van der Waals surface area contributed by atoms with E-state index >= 15 is 0 Å². The number of methoxy groups -OCH3 is 1. The van der Waals surface area contributed by atoms with Gasteiger partial charge in [-0.3, -0.25) is 9.88 Å². The molecule has 1 atom stereocenters. The lowest BCUT2D eigenvalue weighted by molar-refractivity contribution is 0.198. The van der Waals surface area contributed by atoms with E-state index in [1.54, 1.807) is 7.11 Å². The number of aromatic nitrogens is 1. The number of benzene rings is 1. The second kappa shape index (κ2) is 8.09. The van der Waals surface area contributed by atoms with Gasteiger partial charge in [0.1, 0.15) is 6.73 Å². The number of piperidine rings is 1. The summed E-state index contributed by atoms with van der Waals surface area (Å²) in [5, 5.41) is 3.17. The van der Waals surface area contributed by atoms with Gasteiger partial charge in [0, 0.05) is 31.8 Å². The van der Waals surface area contributed by atoms with E-state index in [-0.39, 0.29) is 0 Å². The maximum Gasteiger partial charge on any atom is 0.116 e. The van der Waals surface area contributed by atoms with Crippen molar-refractivity contribution in [2.75, 3.05) is 32.2 Å². The van der Waals surface area contributed by atoms with Crippen LogP contribution in [0, 0.1) is 0 Å². The SMILES string of the molecule is COCNc1ccc(C2CCCN(Cc3ccccc3)C2)nc1. The van der Waals surface area contributed by atoms with Crippen LogP contribution >= 0.6 is 0 Å². The maximum atomic E-state index is 5.02. The number of ether oxygens (including phenoxy) is 1. The summed E-state index contributed by atoms with van der Waals surface area (Å²) in [6, 6.07) is 15.0. The van der Waals surface area contributed by atoms with Crippen LogP contribution in [0.4, 0.5) is 5.69 Å². The highest BCUT2D eigenvalue weighted by molar-refractivity contribution is 5.41. The minimum absolute atomic E-state index is 0.509. The van der Waals surface area contributed by atoms with Crippen molar-refractivity contribution >= 4 is 5.69 Å². The summed E-state index contributed by atoms with van der Waals surface area (Å²) in [4.78, 5) is 7.20. The van der Waals surface area contributed by atoms with E-state index in [2.05, 4.69) is 57.7 Å². The molecule has 0 amide bonds. The first kappa shape index (κ1) is 16.0. The van der Waals surface area contributed by atoms with Crippen molar-refractivity contribution in [2.24, 2.45) is 0 Å². The van der Waals surface area contributed by atoms with Gasteiger partial charge in [-0.25, -0.2) is 0 Å². The first-order valence-electron chi connectivity index (χ1n) is 8.30. The molecule has 2 aromatic rings. The van der Waals surface area contributed by atoms with E-state index in [1.807, 2.05) is 6.20 Å². The van der Waals surface area contributed by atoms with Crippen LogP contribution in [0.1, 0.15) is 30.0 Å². The molecule has 3 rings (SSSR count). The molecule has 1 fully saturated rings. The standard InChI is InChI=1S/C19H25N3O/c1-23-15-21-18-9-10-19(20-12-18)17-8-5-11-22(14-17)13-16-6-3-2-4-7-16/h2-4,6-7,9-10,12,17,21H,5,8,11,13-15H2,1H3. The summed E-state index contributed by atoms with van der Waals surface area (Å²) >= 11 is 0. The molecule has 1 unspecified atom stereocenters. The third kappa shape index (κ3) is 4.53. The van der Waals surface area contributed by atoms with Gasteiger partial charge in [-0.15, -0.1) is 0 Å². The average Bonchev–Trinajstić information content (AvgIpc) is 2.61. The number of pyridine rings is 1. The van der Waals surface area contributed by atoms with Gasteiger partial charge in [0.15, 0.2) is 0 Å². The van der Waals surface area contributed by atoms with Gasteiger partial charge in [-0.1, -0.05) is 30.3 Å². The van der Waals surface area contributed by atoms with Crippen LogP contribution in [0.15, 0.2) is 48.7 Å². The molecular formula is C19H25N3O. The minimum Gasteiger partial charge on any atom is -0.365 e. The predicted octanol–water partition coefficient (Wildman–Crippen LogP) is 3.48. The van der Waals surface area contributed by atoms with Crippen LogP contribution in [0.25, 0.3) is 0 Å². The van der Waals surface area contributed by atoms with Gasteiger partial charge in [0.25, 0.3) is 0 Å². The molecule has 0 bridgehead atoms. The van der Waals surface area contributed by atoms with Gasteiger partial charge in [0.2, 0.25) is 0 Å². The number of rotatable bonds is 6. The molecule has 4 heteroatoms. The van der Waals surface area contributed by atoms with Crippen LogP contribution in [0.5, 0.6) is 0 Å². The number of nitrogens with zero attached hydrogens (tertiary/aromatic N) is 2. The highest BCUT2D eigenvalue weighted by Crippen LogP contribution is 2.27. The number of likely N-dealkylation sites (tertiary alicyclic amines) is 1. The van der Waals surface area contributed by atoms with Crippen molar-refractivity contribution < 1.29 is 4.74 Å². The van der Waals surface area contributed by atoms with Crippen LogP contribution in [0.2, 0.25) is 0 Å². The lowest BCUT2D eigenvalue weighted by Gasteiger charge is -2.32. The first-order chi connectivity index (χ1) is 11.3. The van der Waals surface area contributed by atoms with Crippen molar-refractivity contribution in [2.45, 2.75) is 25.3 Å². The van der Waals surface area contributed by atoms with Crippen LogP contribution < -0.4 is 5.32 Å². The molecule has 2 heterocycles. The molecule has 23 heavy (non-hydrogen) atoms. The van der Waals surface area contributed by atoms with Crippen molar-refractivity contribution in [1.29, 1.82) is 0 Å². The zero-order chi connectivity index (χ0) is 15.9. The van der Waals surface area contributed by atoms with E-state index in [4.69, 9.17) is 4.74 Å². The fraction of sp³-hybridized carbons (Fsp3) is 0.421. The Morgan fingerprint density at radius 3 is 2.83 bits per heavy atom. The number of hydrogen-bond donors (Lipinski definition) is 1. The summed E-state index contributed by atoms with van der Waals surface area (Å²) in [6.07, 6.45) is 4.37. The molecule has 1 aliphatic heterocycles. The molecule has 4 nitrogen and oxygen atoms in total. The molecule has 1 aliphatic rings. The Morgan fingerprint density at radius 2 is 2.09 bits per heavy atom. The smallest absolute Gasteiger partial charge is 0.116 e. The minimum atomic E-state index is 0.509. The molecule has 1 aromatic heterocycles. The molecule has 0 radical (unpaired) electrons. The average molecular weight is 311 g/mol. The zero-order valence-electron chi connectivity index (χ0n) is 13.7. The fourth-order valence-corrected chi connectivity index (χ4v) is 3.19. The van der Waals surface area contributed by atoms with E-state index in [0.29, 0.717) is 12.6 Å². The van der Waals surface area contributed by atoms with Crippen LogP contribution in [0.3, 0.4) is 0 Å². The largest absolute Gasteiger partial charge is 0.365 e. The van der Waals surface area contributed by atoms with E-state index in [0.717, 1.165) is 18.8 Å². The lowest BCUT2D eigenvalue weighted by atomic mass is 9.94. The van der Waals surface area contributed by atoms with Gasteiger partial charge in [-0.2, -0.15) is 0 Å². The molecule has 1 saturated heterocycles. The summed E-state index contributed by atoms with van der Waals surface area (Å²) in [5.41, 5.74) is 3.60. The molecule has 0 spiro atoms. The van der Waals surface area contributed by atoms with Gasteiger partial charge < -0.3 is 10.1 Å². The Balaban J connectivity index is 1.59. The second-order valence-corrected chi connectivity index (χ2v) is 6.14. The Hall–Kier alpha value is -1.91. The first-order valence-corrected chi connectivity index (χ1v) is 8.30. The number of hydrogen-bond acceptors (Lipinski definition) is 4. The van der Waals surface area contributed by atoms with E-state index < -0.39 is 0 Å². The van der Waals surface area contributed by atoms with Gasteiger partial charge in [-0.05, 0) is 37.1 Å². The summed E-state index contributed by atoms with van der Waals surface area (Å²) in [5.74, 6) is 0.531. The fourth-order valence-electron chi connectivity index (χ4n) is 3.19. The van der Waals surface area contributed by atoms with Crippen molar-refractivity contribution in [3.63, 3.8) is 0 Å². The highest BCUT2D eigenvalue weighted by atomic mass is 16.5. The van der Waals surface area contributed by atoms with Gasteiger partial charge >= 0.3 is 0 Å². The predicted molar refractivity (Wildman–Crippen MR) is 93.4 cm³/mol. The summed E-state index contributed by atoms with van der Waals surface area (Å²) < 4.78 is 5.02. The summed E-state index contributed by atoms with van der Waals surface area (Å²) in [7, 11) is 1.68. The van der Waals surface area contributed by atoms with Crippen LogP contribution in [-0.2, 0) is 11.3 Å². The van der Waals surface area contributed by atoms with E-state index in [1.165, 1.54) is 30.6 Å². The third-order valence-electron chi connectivity index (χ3n) is 4.38. The Bertz CT molecular complexity index is 585. The van der Waals surface area contributed by atoms with E-state index in [9.17, 15) is 0 Å². The lowest BCUT2D eigenvalue weighted by Crippen LogP contribution is -2.34.